The highest BCUT2D eigenvalue weighted by molar-refractivity contribution is 5.93. The first-order chi connectivity index (χ1) is 6.03. The fraction of sp³-hybridized carbons (Fsp3) is 0.778. The molecule has 0 aromatic rings. The van der Waals surface area contributed by atoms with Crippen LogP contribution in [0, 0.1) is 16.2 Å². The van der Waals surface area contributed by atoms with E-state index >= 15 is 0 Å². The Bertz CT molecular complexity index is 221. The van der Waals surface area contributed by atoms with Crippen LogP contribution in [0.3, 0.4) is 0 Å². The second-order valence-corrected chi connectivity index (χ2v) is 3.92. The molecule has 2 N–H and O–H groups in total. The smallest absolute Gasteiger partial charge is 0.107 e. The van der Waals surface area contributed by atoms with E-state index in [9.17, 15) is 0 Å². The molecule has 0 radical (unpaired) electrons. The first-order valence-corrected chi connectivity index (χ1v) is 4.39. The summed E-state index contributed by atoms with van der Waals surface area (Å²) in [6.45, 7) is 2.05. The molecule has 1 aliphatic carbocycles. The molecule has 4 nitrogen and oxygen atoms in total. The largest absolute Gasteiger partial charge is 0.381 e. The quantitative estimate of drug-likeness (QED) is 0.512. The summed E-state index contributed by atoms with van der Waals surface area (Å²) in [6, 6.07) is 0. The summed E-state index contributed by atoms with van der Waals surface area (Å²) in [5.41, 5.74) is -0.0903. The molecule has 0 unspecified atom stereocenters. The lowest BCUT2D eigenvalue weighted by Crippen LogP contribution is -2.50. The Morgan fingerprint density at radius 2 is 2.15 bits per heavy atom. The zero-order valence-electron chi connectivity index (χ0n) is 8.42. The van der Waals surface area contributed by atoms with Gasteiger partial charge in [0.05, 0.1) is 12.4 Å². The van der Waals surface area contributed by atoms with Crippen LogP contribution in [-0.2, 0) is 4.74 Å². The highest BCUT2D eigenvalue weighted by atomic mass is 16.5. The van der Waals surface area contributed by atoms with E-state index in [2.05, 4.69) is 0 Å². The summed E-state index contributed by atoms with van der Waals surface area (Å²) < 4.78 is 5.17. The van der Waals surface area contributed by atoms with Gasteiger partial charge in [0.1, 0.15) is 5.84 Å². The molecule has 0 atom stereocenters. The van der Waals surface area contributed by atoms with E-state index in [1.54, 1.807) is 19.1 Å². The van der Waals surface area contributed by atoms with Gasteiger partial charge >= 0.3 is 0 Å². The standard InChI is InChI=1S/C9H17N3O/c1-9(4-7(5-9)13-3)8(11)12(2)6-10/h6-7,10-11H,4-5H2,1-3H3. The van der Waals surface area contributed by atoms with Crippen LogP contribution in [-0.4, -0.2) is 37.3 Å². The third-order valence-electron chi connectivity index (χ3n) is 2.81. The maximum atomic E-state index is 7.83. The Morgan fingerprint density at radius 1 is 1.62 bits per heavy atom. The Morgan fingerprint density at radius 3 is 2.54 bits per heavy atom. The molecule has 1 aliphatic rings. The second kappa shape index (κ2) is 3.46. The molecule has 0 aliphatic heterocycles. The van der Waals surface area contributed by atoms with Gasteiger partial charge in [-0.1, -0.05) is 6.92 Å². The normalized spacial score (nSPS) is 32.1. The van der Waals surface area contributed by atoms with E-state index < -0.39 is 0 Å². The monoisotopic (exact) mass is 183 g/mol. The average Bonchev–Trinajstić information content (AvgIpc) is 2.10. The Balaban J connectivity index is 2.54. The number of nitrogens with one attached hydrogen (secondary N) is 2. The van der Waals surface area contributed by atoms with Gasteiger partial charge in [-0.25, -0.2) is 0 Å². The summed E-state index contributed by atoms with van der Waals surface area (Å²) in [6.07, 6.45) is 3.25. The van der Waals surface area contributed by atoms with Crippen LogP contribution in [0.25, 0.3) is 0 Å². The lowest BCUT2D eigenvalue weighted by atomic mass is 9.67. The molecule has 0 heterocycles. The van der Waals surface area contributed by atoms with E-state index in [0.717, 1.165) is 12.8 Å². The van der Waals surface area contributed by atoms with Crippen molar-refractivity contribution in [1.29, 1.82) is 10.8 Å². The first kappa shape index (κ1) is 10.2. The highest BCUT2D eigenvalue weighted by Gasteiger charge is 2.45. The van der Waals surface area contributed by atoms with Crippen LogP contribution in [0.4, 0.5) is 0 Å². The SMILES string of the molecule is COC1CC(C)(C(=N)N(C)C=N)C1. The zero-order chi connectivity index (χ0) is 10.1. The minimum absolute atomic E-state index is 0.0903. The van der Waals surface area contributed by atoms with E-state index in [4.69, 9.17) is 15.6 Å². The van der Waals surface area contributed by atoms with Gasteiger partial charge in [-0.15, -0.1) is 0 Å². The van der Waals surface area contributed by atoms with Crippen LogP contribution >= 0.6 is 0 Å². The summed E-state index contributed by atoms with van der Waals surface area (Å²) >= 11 is 0. The molecule has 1 rings (SSSR count). The molecule has 0 saturated heterocycles. The van der Waals surface area contributed by atoms with Gasteiger partial charge in [-0.3, -0.25) is 10.8 Å². The van der Waals surface area contributed by atoms with Crippen molar-refractivity contribution in [2.45, 2.75) is 25.9 Å². The molecule has 0 aromatic carbocycles. The molecule has 0 aromatic heterocycles. The molecular formula is C9H17N3O. The van der Waals surface area contributed by atoms with Gasteiger partial charge in [0, 0.05) is 19.6 Å². The minimum Gasteiger partial charge on any atom is -0.381 e. The van der Waals surface area contributed by atoms with Crippen molar-refractivity contribution in [3.63, 3.8) is 0 Å². The van der Waals surface area contributed by atoms with Crippen molar-refractivity contribution in [1.82, 2.24) is 4.90 Å². The number of amidine groups is 1. The summed E-state index contributed by atoms with van der Waals surface area (Å²) in [4.78, 5) is 1.55. The fourth-order valence-electron chi connectivity index (χ4n) is 1.80. The van der Waals surface area contributed by atoms with Gasteiger partial charge in [0.15, 0.2) is 0 Å². The molecule has 1 saturated carbocycles. The lowest BCUT2D eigenvalue weighted by Gasteiger charge is -2.45. The van der Waals surface area contributed by atoms with Gasteiger partial charge in [0.25, 0.3) is 0 Å². The van der Waals surface area contributed by atoms with E-state index in [1.807, 2.05) is 6.92 Å². The Labute approximate surface area is 78.9 Å². The molecule has 0 bridgehead atoms. The number of rotatable bonds is 3. The van der Waals surface area contributed by atoms with Gasteiger partial charge in [0.2, 0.25) is 0 Å². The predicted octanol–water partition coefficient (Wildman–Crippen LogP) is 1.32. The summed E-state index contributed by atoms with van der Waals surface area (Å²) in [5, 5.41) is 14.9. The number of nitrogens with zero attached hydrogens (tertiary/aromatic N) is 1. The molecule has 0 amide bonds. The molecule has 4 heteroatoms. The van der Waals surface area contributed by atoms with Crippen molar-refractivity contribution in [2.75, 3.05) is 14.2 Å². The first-order valence-electron chi connectivity index (χ1n) is 4.39. The number of ether oxygens (including phenoxy) is 1. The van der Waals surface area contributed by atoms with Gasteiger partial charge < -0.3 is 9.64 Å². The molecular weight excluding hydrogens is 166 g/mol. The van der Waals surface area contributed by atoms with Crippen molar-refractivity contribution >= 4 is 12.2 Å². The number of methoxy groups -OCH3 is 1. The second-order valence-electron chi connectivity index (χ2n) is 3.92. The molecule has 1 fully saturated rings. The van der Waals surface area contributed by atoms with E-state index in [0.29, 0.717) is 11.9 Å². The lowest BCUT2D eigenvalue weighted by molar-refractivity contribution is -0.0200. The van der Waals surface area contributed by atoms with Crippen molar-refractivity contribution in [2.24, 2.45) is 5.41 Å². The molecule has 13 heavy (non-hydrogen) atoms. The van der Waals surface area contributed by atoms with Gasteiger partial charge in [-0.05, 0) is 12.8 Å². The topological polar surface area (TPSA) is 60.2 Å². The van der Waals surface area contributed by atoms with Crippen LogP contribution in [0.15, 0.2) is 0 Å². The predicted molar refractivity (Wildman–Crippen MR) is 52.4 cm³/mol. The highest BCUT2D eigenvalue weighted by Crippen LogP contribution is 2.43. The van der Waals surface area contributed by atoms with Crippen LogP contribution in [0.2, 0.25) is 0 Å². The number of hydrogen-bond acceptors (Lipinski definition) is 3. The van der Waals surface area contributed by atoms with Crippen LogP contribution < -0.4 is 0 Å². The van der Waals surface area contributed by atoms with Gasteiger partial charge in [-0.2, -0.15) is 0 Å². The average molecular weight is 183 g/mol. The summed E-state index contributed by atoms with van der Waals surface area (Å²) in [7, 11) is 3.44. The fourth-order valence-corrected chi connectivity index (χ4v) is 1.80. The zero-order valence-corrected chi connectivity index (χ0v) is 8.42. The van der Waals surface area contributed by atoms with Crippen molar-refractivity contribution < 1.29 is 4.74 Å². The third kappa shape index (κ3) is 1.72. The maximum Gasteiger partial charge on any atom is 0.107 e. The third-order valence-corrected chi connectivity index (χ3v) is 2.81. The minimum atomic E-state index is -0.0903. The Hall–Kier alpha value is -0.900. The van der Waals surface area contributed by atoms with Crippen LogP contribution in [0.1, 0.15) is 19.8 Å². The van der Waals surface area contributed by atoms with Crippen molar-refractivity contribution in [3.05, 3.63) is 0 Å². The number of hydrogen-bond donors (Lipinski definition) is 2. The van der Waals surface area contributed by atoms with Crippen molar-refractivity contribution in [3.8, 4) is 0 Å². The summed E-state index contributed by atoms with van der Waals surface area (Å²) in [5.74, 6) is 0.510. The molecule has 74 valence electrons. The van der Waals surface area contributed by atoms with E-state index in [-0.39, 0.29) is 5.41 Å². The Kier molecular flexibility index (Phi) is 2.71. The molecule has 0 spiro atoms. The van der Waals surface area contributed by atoms with Crippen LogP contribution in [0.5, 0.6) is 0 Å². The van der Waals surface area contributed by atoms with E-state index in [1.165, 1.54) is 6.34 Å². The maximum absolute atomic E-state index is 7.83.